The topological polar surface area (TPSA) is 21.6 Å². The van der Waals surface area contributed by atoms with Crippen molar-refractivity contribution in [1.29, 1.82) is 0 Å². The predicted molar refractivity (Wildman–Crippen MR) is 117 cm³/mol. The van der Waals surface area contributed by atoms with Crippen LogP contribution in [-0.4, -0.2) is 24.2 Å². The zero-order valence-electron chi connectivity index (χ0n) is 16.6. The van der Waals surface area contributed by atoms with E-state index in [2.05, 4.69) is 81.4 Å². The molecule has 27 heavy (non-hydrogen) atoms. The van der Waals surface area contributed by atoms with E-state index in [0.29, 0.717) is 11.6 Å². The van der Waals surface area contributed by atoms with Crippen LogP contribution in [0.5, 0.6) is 0 Å². The Labute approximate surface area is 164 Å². The molecule has 1 saturated carbocycles. The third-order valence-electron chi connectivity index (χ3n) is 5.87. The summed E-state index contributed by atoms with van der Waals surface area (Å²) in [5.74, 6) is 1.50. The molecule has 0 unspecified atom stereocenters. The van der Waals surface area contributed by atoms with Gasteiger partial charge in [-0.25, -0.2) is 4.99 Å². The van der Waals surface area contributed by atoms with Crippen molar-refractivity contribution in [2.24, 2.45) is 16.3 Å². The molecule has 1 heterocycles. The van der Waals surface area contributed by atoms with Crippen molar-refractivity contribution in [2.45, 2.75) is 51.7 Å². The fraction of sp³-hybridized carbons (Fsp3) is 0.458. The van der Waals surface area contributed by atoms with Gasteiger partial charge in [-0.05, 0) is 42.4 Å². The lowest BCUT2D eigenvalue weighted by Crippen LogP contribution is -2.29. The van der Waals surface area contributed by atoms with Crippen molar-refractivity contribution in [3.63, 3.8) is 0 Å². The summed E-state index contributed by atoms with van der Waals surface area (Å²) in [6, 6.07) is 22.5. The summed E-state index contributed by atoms with van der Waals surface area (Å²) in [6.07, 6.45) is 3.75. The first-order valence-corrected chi connectivity index (χ1v) is 11.5. The number of benzene rings is 2. The molecule has 0 N–H and O–H groups in total. The summed E-state index contributed by atoms with van der Waals surface area (Å²) in [7, 11) is -0.411. The van der Waals surface area contributed by atoms with E-state index in [9.17, 15) is 0 Å². The van der Waals surface area contributed by atoms with E-state index in [-0.39, 0.29) is 11.5 Å². The Bertz CT molecular complexity index is 742. The molecule has 3 heteroatoms. The van der Waals surface area contributed by atoms with Gasteiger partial charge in [-0.2, -0.15) is 0 Å². The molecular weight excluding hydrogens is 349 g/mol. The van der Waals surface area contributed by atoms with Gasteiger partial charge in [-0.15, -0.1) is 0 Å². The van der Waals surface area contributed by atoms with Gasteiger partial charge in [0.2, 0.25) is 0 Å². The van der Waals surface area contributed by atoms with Crippen molar-refractivity contribution in [3.8, 4) is 0 Å². The van der Waals surface area contributed by atoms with E-state index < -0.39 is 7.92 Å². The predicted octanol–water partition coefficient (Wildman–Crippen LogP) is 5.13. The molecule has 0 amide bonds. The van der Waals surface area contributed by atoms with Crippen molar-refractivity contribution < 1.29 is 4.74 Å². The molecular formula is C24H30NOP. The Morgan fingerprint density at radius 3 is 2.00 bits per heavy atom. The maximum absolute atomic E-state index is 6.19. The zero-order chi connectivity index (χ0) is 18.9. The van der Waals surface area contributed by atoms with Crippen molar-refractivity contribution >= 4 is 24.4 Å². The molecule has 0 radical (unpaired) electrons. The maximum Gasteiger partial charge on any atom is 0.187 e. The van der Waals surface area contributed by atoms with Crippen LogP contribution in [0.1, 0.15) is 40.0 Å². The van der Waals surface area contributed by atoms with Crippen LogP contribution in [0.4, 0.5) is 0 Å². The molecule has 1 aliphatic heterocycles. The van der Waals surface area contributed by atoms with Gasteiger partial charge in [-0.3, -0.25) is 0 Å². The number of hydrogen-bond donors (Lipinski definition) is 0. The largest absolute Gasteiger partial charge is 0.478 e. The third kappa shape index (κ3) is 3.97. The van der Waals surface area contributed by atoms with Gasteiger partial charge in [0, 0.05) is 5.92 Å². The van der Waals surface area contributed by atoms with Crippen LogP contribution in [0.25, 0.3) is 0 Å². The minimum absolute atomic E-state index is 0.166. The standard InChI is InChI=1S/C24H30NOP/c1-24(2,3)22-17-26-23(25-22)20-15-10-16-21(20)27(18-11-6-4-7-12-18)19-13-8-5-9-14-19/h4-9,11-14,20-22H,10,15-17H2,1-3H3/t20-,21+,22-/m1/s1. The Kier molecular flexibility index (Phi) is 5.37. The smallest absolute Gasteiger partial charge is 0.187 e. The van der Waals surface area contributed by atoms with E-state index >= 15 is 0 Å². The third-order valence-corrected chi connectivity index (χ3v) is 8.86. The van der Waals surface area contributed by atoms with Crippen molar-refractivity contribution in [2.75, 3.05) is 6.61 Å². The van der Waals surface area contributed by atoms with Crippen molar-refractivity contribution in [1.82, 2.24) is 0 Å². The monoisotopic (exact) mass is 379 g/mol. The Morgan fingerprint density at radius 2 is 1.48 bits per heavy atom. The summed E-state index contributed by atoms with van der Waals surface area (Å²) in [4.78, 5) is 5.07. The van der Waals surface area contributed by atoms with E-state index in [1.54, 1.807) is 0 Å². The van der Waals surface area contributed by atoms with Crippen molar-refractivity contribution in [3.05, 3.63) is 60.7 Å². The molecule has 2 nitrogen and oxygen atoms in total. The lowest BCUT2D eigenvalue weighted by Gasteiger charge is -2.29. The molecule has 2 aliphatic rings. The number of aliphatic imine (C=N–C) groups is 1. The Morgan fingerprint density at radius 1 is 0.889 bits per heavy atom. The van der Waals surface area contributed by atoms with Crippen LogP contribution in [-0.2, 0) is 4.74 Å². The SMILES string of the molecule is CC(C)(C)[C@H]1COC([C@@H]2CCC[C@@H]2P(c2ccccc2)c2ccccc2)=N1. The molecule has 0 bridgehead atoms. The number of rotatable bonds is 4. The number of nitrogens with zero attached hydrogens (tertiary/aromatic N) is 1. The Balaban J connectivity index is 1.68. The molecule has 0 spiro atoms. The van der Waals surface area contributed by atoms with Crippen LogP contribution >= 0.6 is 7.92 Å². The second-order valence-electron chi connectivity index (χ2n) is 8.81. The highest BCUT2D eigenvalue weighted by Gasteiger charge is 2.42. The van der Waals surface area contributed by atoms with Gasteiger partial charge in [-0.1, -0.05) is 87.9 Å². The van der Waals surface area contributed by atoms with E-state index in [1.807, 2.05) is 0 Å². The van der Waals surface area contributed by atoms with Crippen LogP contribution in [0.2, 0.25) is 0 Å². The molecule has 1 aliphatic carbocycles. The molecule has 1 fully saturated rings. The number of ether oxygens (including phenoxy) is 1. The molecule has 0 aromatic heterocycles. The fourth-order valence-electron chi connectivity index (χ4n) is 4.29. The zero-order valence-corrected chi connectivity index (χ0v) is 17.5. The summed E-state index contributed by atoms with van der Waals surface area (Å²) >= 11 is 0. The second-order valence-corrected chi connectivity index (χ2v) is 11.2. The molecule has 3 atom stereocenters. The van der Waals surface area contributed by atoms with Crippen LogP contribution in [0.15, 0.2) is 65.7 Å². The Hall–Kier alpha value is -1.66. The average Bonchev–Trinajstić information content (AvgIpc) is 3.33. The first-order valence-electron chi connectivity index (χ1n) is 10.1. The summed E-state index contributed by atoms with van der Waals surface area (Å²) in [6.45, 7) is 7.54. The van der Waals surface area contributed by atoms with Crippen LogP contribution in [0, 0.1) is 11.3 Å². The van der Waals surface area contributed by atoms with Gasteiger partial charge >= 0.3 is 0 Å². The first kappa shape index (κ1) is 18.7. The van der Waals surface area contributed by atoms with E-state index in [0.717, 1.165) is 12.5 Å². The highest BCUT2D eigenvalue weighted by molar-refractivity contribution is 7.73. The number of hydrogen-bond acceptors (Lipinski definition) is 2. The second kappa shape index (κ2) is 7.76. The van der Waals surface area contributed by atoms with E-state index in [4.69, 9.17) is 9.73 Å². The van der Waals surface area contributed by atoms with Crippen LogP contribution < -0.4 is 10.6 Å². The molecule has 0 saturated heterocycles. The summed E-state index contributed by atoms with van der Waals surface area (Å²) < 4.78 is 6.19. The lowest BCUT2D eigenvalue weighted by molar-refractivity contribution is 0.229. The van der Waals surface area contributed by atoms with E-state index in [1.165, 1.54) is 29.9 Å². The molecule has 2 aromatic rings. The highest BCUT2D eigenvalue weighted by Crippen LogP contribution is 2.51. The average molecular weight is 379 g/mol. The highest BCUT2D eigenvalue weighted by atomic mass is 31.1. The van der Waals surface area contributed by atoms with Gasteiger partial charge in [0.05, 0.1) is 6.04 Å². The normalized spacial score (nSPS) is 25.5. The maximum atomic E-state index is 6.19. The summed E-state index contributed by atoms with van der Waals surface area (Å²) in [5.41, 5.74) is 0.779. The van der Waals surface area contributed by atoms with Gasteiger partial charge < -0.3 is 4.74 Å². The van der Waals surface area contributed by atoms with Gasteiger partial charge in [0.15, 0.2) is 5.90 Å². The molecule has 142 valence electrons. The first-order chi connectivity index (χ1) is 13.0. The molecule has 4 rings (SSSR count). The quantitative estimate of drug-likeness (QED) is 0.675. The van der Waals surface area contributed by atoms with Gasteiger partial charge in [0.25, 0.3) is 0 Å². The summed E-state index contributed by atoms with van der Waals surface area (Å²) in [5, 5.41) is 2.95. The minimum Gasteiger partial charge on any atom is -0.478 e. The van der Waals surface area contributed by atoms with Gasteiger partial charge in [0.1, 0.15) is 6.61 Å². The lowest BCUT2D eigenvalue weighted by atomic mass is 9.88. The molecule has 2 aromatic carbocycles. The fourth-order valence-corrected chi connectivity index (χ4v) is 7.41. The van der Waals surface area contributed by atoms with Crippen LogP contribution in [0.3, 0.4) is 0 Å². The minimum atomic E-state index is -0.411.